The van der Waals surface area contributed by atoms with Gasteiger partial charge in [-0.3, -0.25) is 14.9 Å². The van der Waals surface area contributed by atoms with E-state index in [0.717, 1.165) is 4.31 Å². The molecule has 1 N–H and O–H groups in total. The number of hydrogen-bond donors (Lipinski definition) is 1. The number of nitrogens with one attached hydrogen (secondary N) is 1. The fourth-order valence-corrected chi connectivity index (χ4v) is 4.88. The number of amides is 1. The third-order valence-corrected chi connectivity index (χ3v) is 7.26. The zero-order valence-corrected chi connectivity index (χ0v) is 20.9. The minimum atomic E-state index is -4.13. The summed E-state index contributed by atoms with van der Waals surface area (Å²) in [6.07, 6.45) is 1.21. The van der Waals surface area contributed by atoms with E-state index in [9.17, 15) is 23.3 Å². The molecule has 0 unspecified atom stereocenters. The van der Waals surface area contributed by atoms with Crippen molar-refractivity contribution in [2.75, 3.05) is 6.54 Å². The van der Waals surface area contributed by atoms with Gasteiger partial charge in [-0.1, -0.05) is 53.0 Å². The number of carbonyl (C=O) groups excluding carboxylic acids is 1. The Labute approximate surface area is 216 Å². The largest absolute Gasteiger partial charge is 0.272 e. The number of sulfonamides is 1. The van der Waals surface area contributed by atoms with Gasteiger partial charge in [-0.05, 0) is 42.0 Å². The second-order valence-electron chi connectivity index (χ2n) is 7.11. The average Bonchev–Trinajstić information content (AvgIpc) is 2.80. The summed E-state index contributed by atoms with van der Waals surface area (Å²) in [5, 5.41) is 15.6. The van der Waals surface area contributed by atoms with E-state index in [1.807, 2.05) is 0 Å². The van der Waals surface area contributed by atoms with Gasteiger partial charge in [0.2, 0.25) is 10.0 Å². The van der Waals surface area contributed by atoms with E-state index in [-0.39, 0.29) is 22.2 Å². The van der Waals surface area contributed by atoms with Gasteiger partial charge >= 0.3 is 0 Å². The Morgan fingerprint density at radius 3 is 2.37 bits per heavy atom. The van der Waals surface area contributed by atoms with Gasteiger partial charge in [0.05, 0.1) is 22.6 Å². The summed E-state index contributed by atoms with van der Waals surface area (Å²) in [7, 11) is -4.13. The standard InChI is InChI=1S/C22H17Cl3N4O5S/c23-17-6-8-20(9-7-17)35(33,34)28(13-16-4-5-18(24)11-21(16)25)14-22(30)27-26-12-15-2-1-3-19(10-15)29(31)32/h1-12H,13-14H2,(H,27,30)/b26-12-. The van der Waals surface area contributed by atoms with Crippen molar-refractivity contribution >= 4 is 62.6 Å². The van der Waals surface area contributed by atoms with Gasteiger partial charge in [0.25, 0.3) is 11.6 Å². The first-order valence-corrected chi connectivity index (χ1v) is 12.4. The molecule has 0 atom stereocenters. The fraction of sp³-hybridized carbons (Fsp3) is 0.0909. The summed E-state index contributed by atoms with van der Waals surface area (Å²) < 4.78 is 27.5. The number of carbonyl (C=O) groups is 1. The molecule has 0 aliphatic carbocycles. The van der Waals surface area contributed by atoms with Gasteiger partial charge in [0, 0.05) is 39.3 Å². The molecule has 0 radical (unpaired) electrons. The lowest BCUT2D eigenvalue weighted by Gasteiger charge is -2.22. The highest BCUT2D eigenvalue weighted by atomic mass is 35.5. The Morgan fingerprint density at radius 2 is 1.71 bits per heavy atom. The molecule has 3 aromatic carbocycles. The molecule has 182 valence electrons. The minimum Gasteiger partial charge on any atom is -0.272 e. The van der Waals surface area contributed by atoms with Crippen LogP contribution in [0.1, 0.15) is 11.1 Å². The van der Waals surface area contributed by atoms with E-state index in [1.165, 1.54) is 54.7 Å². The zero-order chi connectivity index (χ0) is 25.6. The highest BCUT2D eigenvalue weighted by Gasteiger charge is 2.27. The molecular weight excluding hydrogens is 539 g/mol. The number of non-ortho nitro benzene ring substituents is 1. The molecule has 0 saturated carbocycles. The molecule has 3 rings (SSSR count). The number of nitro groups is 1. The molecule has 0 bridgehead atoms. The summed E-state index contributed by atoms with van der Waals surface area (Å²) in [5.74, 6) is -0.741. The van der Waals surface area contributed by atoms with Crippen molar-refractivity contribution < 1.29 is 18.1 Å². The number of benzene rings is 3. The summed E-state index contributed by atoms with van der Waals surface area (Å²) in [4.78, 5) is 22.8. The Hall–Kier alpha value is -3.02. The molecule has 3 aromatic rings. The van der Waals surface area contributed by atoms with Gasteiger partial charge in [-0.15, -0.1) is 0 Å². The van der Waals surface area contributed by atoms with Crippen LogP contribution >= 0.6 is 34.8 Å². The van der Waals surface area contributed by atoms with Crippen LogP contribution in [0.15, 0.2) is 76.7 Å². The molecule has 35 heavy (non-hydrogen) atoms. The smallest absolute Gasteiger partial charge is 0.270 e. The highest BCUT2D eigenvalue weighted by Crippen LogP contribution is 2.25. The highest BCUT2D eigenvalue weighted by molar-refractivity contribution is 7.89. The van der Waals surface area contributed by atoms with Crippen LogP contribution in [-0.2, 0) is 21.4 Å². The van der Waals surface area contributed by atoms with Crippen LogP contribution in [0.3, 0.4) is 0 Å². The van der Waals surface area contributed by atoms with Crippen LogP contribution in [0, 0.1) is 10.1 Å². The number of hydrazone groups is 1. The minimum absolute atomic E-state index is 0.0696. The van der Waals surface area contributed by atoms with Crippen LogP contribution in [0.2, 0.25) is 15.1 Å². The molecule has 0 fully saturated rings. The van der Waals surface area contributed by atoms with Gasteiger partial charge in [-0.25, -0.2) is 13.8 Å². The van der Waals surface area contributed by atoms with E-state index in [2.05, 4.69) is 10.5 Å². The summed E-state index contributed by atoms with van der Waals surface area (Å²) >= 11 is 18.0. The molecule has 0 spiro atoms. The lowest BCUT2D eigenvalue weighted by molar-refractivity contribution is -0.384. The molecule has 0 saturated heterocycles. The Bertz CT molecular complexity index is 1380. The lowest BCUT2D eigenvalue weighted by atomic mass is 10.2. The molecule has 13 heteroatoms. The number of hydrogen-bond acceptors (Lipinski definition) is 6. The van der Waals surface area contributed by atoms with E-state index < -0.39 is 27.4 Å². The van der Waals surface area contributed by atoms with E-state index in [1.54, 1.807) is 18.2 Å². The SMILES string of the molecule is O=C(CN(Cc1ccc(Cl)cc1Cl)S(=O)(=O)c1ccc(Cl)cc1)N/N=C\c1cccc([N+](=O)[O-])c1. The molecule has 9 nitrogen and oxygen atoms in total. The van der Waals surface area contributed by atoms with Crippen molar-refractivity contribution in [3.63, 3.8) is 0 Å². The van der Waals surface area contributed by atoms with Crippen molar-refractivity contribution in [2.24, 2.45) is 5.10 Å². The van der Waals surface area contributed by atoms with Crippen molar-refractivity contribution in [2.45, 2.75) is 11.4 Å². The molecular formula is C22H17Cl3N4O5S. The number of nitro benzene ring substituents is 1. The molecule has 0 heterocycles. The van der Waals surface area contributed by atoms with Crippen LogP contribution in [0.25, 0.3) is 0 Å². The van der Waals surface area contributed by atoms with Crippen LogP contribution in [0.4, 0.5) is 5.69 Å². The van der Waals surface area contributed by atoms with E-state index in [4.69, 9.17) is 34.8 Å². The number of rotatable bonds is 9. The van der Waals surface area contributed by atoms with Crippen LogP contribution in [0.5, 0.6) is 0 Å². The monoisotopic (exact) mass is 554 g/mol. The van der Waals surface area contributed by atoms with Crippen molar-refractivity contribution in [1.29, 1.82) is 0 Å². The number of halogens is 3. The summed E-state index contributed by atoms with van der Waals surface area (Å²) in [6.45, 7) is -0.806. The molecule has 1 amide bonds. The van der Waals surface area contributed by atoms with E-state index >= 15 is 0 Å². The van der Waals surface area contributed by atoms with E-state index in [0.29, 0.717) is 21.2 Å². The maximum Gasteiger partial charge on any atom is 0.270 e. The molecule has 0 aliphatic rings. The summed E-state index contributed by atoms with van der Waals surface area (Å²) in [5.41, 5.74) is 2.90. The van der Waals surface area contributed by atoms with Gasteiger partial charge < -0.3 is 0 Å². The normalized spacial score (nSPS) is 11.7. The molecule has 0 aromatic heterocycles. The second-order valence-corrected chi connectivity index (χ2v) is 10.3. The topological polar surface area (TPSA) is 122 Å². The Balaban J connectivity index is 1.81. The quantitative estimate of drug-likeness (QED) is 0.229. The predicted molar refractivity (Wildman–Crippen MR) is 134 cm³/mol. The maximum absolute atomic E-state index is 13.3. The first-order chi connectivity index (χ1) is 16.6. The van der Waals surface area contributed by atoms with Crippen molar-refractivity contribution in [1.82, 2.24) is 9.73 Å². The second kappa shape index (κ2) is 11.6. The molecule has 0 aliphatic heterocycles. The predicted octanol–water partition coefficient (Wildman–Crippen LogP) is 4.90. The first-order valence-electron chi connectivity index (χ1n) is 9.82. The average molecular weight is 556 g/mol. The summed E-state index contributed by atoms with van der Waals surface area (Å²) in [6, 6.07) is 15.7. The fourth-order valence-electron chi connectivity index (χ4n) is 2.91. The zero-order valence-electron chi connectivity index (χ0n) is 17.8. The van der Waals surface area contributed by atoms with Crippen molar-refractivity contribution in [3.8, 4) is 0 Å². The Kier molecular flexibility index (Phi) is 8.82. The first kappa shape index (κ1) is 26.6. The lowest BCUT2D eigenvalue weighted by Crippen LogP contribution is -2.39. The van der Waals surface area contributed by atoms with Crippen LogP contribution < -0.4 is 5.43 Å². The third-order valence-electron chi connectivity index (χ3n) is 4.62. The Morgan fingerprint density at radius 1 is 1.03 bits per heavy atom. The van der Waals surface area contributed by atoms with Crippen molar-refractivity contribution in [3.05, 3.63) is 103 Å². The third kappa shape index (κ3) is 7.23. The maximum atomic E-state index is 13.3. The number of nitrogens with zero attached hydrogens (tertiary/aromatic N) is 3. The van der Waals surface area contributed by atoms with Crippen LogP contribution in [-0.4, -0.2) is 36.3 Å². The van der Waals surface area contributed by atoms with Gasteiger partial charge in [0.15, 0.2) is 0 Å². The van der Waals surface area contributed by atoms with Gasteiger partial charge in [-0.2, -0.15) is 9.41 Å². The van der Waals surface area contributed by atoms with Gasteiger partial charge in [0.1, 0.15) is 0 Å².